The molecule has 0 aliphatic carbocycles. The van der Waals surface area contributed by atoms with Crippen molar-refractivity contribution in [2.45, 2.75) is 6.61 Å². The number of anilines is 1. The van der Waals surface area contributed by atoms with Gasteiger partial charge in [-0.25, -0.2) is 4.79 Å². The smallest absolute Gasteiger partial charge is 0.339 e. The highest BCUT2D eigenvalue weighted by molar-refractivity contribution is 6.11. The van der Waals surface area contributed by atoms with Crippen molar-refractivity contribution in [1.29, 1.82) is 0 Å². The van der Waals surface area contributed by atoms with Gasteiger partial charge in [0.05, 0.1) is 16.1 Å². The third-order valence-corrected chi connectivity index (χ3v) is 4.96. The molecule has 0 atom stereocenters. The van der Waals surface area contributed by atoms with Gasteiger partial charge in [-0.15, -0.1) is 0 Å². The zero-order valence-corrected chi connectivity index (χ0v) is 18.0. The average Bonchev–Trinajstić information content (AvgIpc) is 3.36. The molecular weight excluding hydrogens is 440 g/mol. The van der Waals surface area contributed by atoms with Crippen LogP contribution in [0.2, 0.25) is 0 Å². The number of carbonyl (C=O) groups excluding carboxylic acids is 2. The largest absolute Gasteiger partial charge is 0.452 e. The van der Waals surface area contributed by atoms with Gasteiger partial charge in [0, 0.05) is 30.4 Å². The predicted octanol–water partition coefficient (Wildman–Crippen LogP) is 4.28. The predicted molar refractivity (Wildman–Crippen MR) is 121 cm³/mol. The quantitative estimate of drug-likeness (QED) is 0.228. The molecule has 0 aliphatic rings. The fourth-order valence-electron chi connectivity index (χ4n) is 3.17. The summed E-state index contributed by atoms with van der Waals surface area (Å²) >= 11 is 0. The van der Waals surface area contributed by atoms with Gasteiger partial charge in [-0.3, -0.25) is 14.9 Å². The first kappa shape index (κ1) is 22.3. The zero-order chi connectivity index (χ0) is 24.1. The summed E-state index contributed by atoms with van der Waals surface area (Å²) in [5, 5.41) is 14.6. The van der Waals surface area contributed by atoms with Crippen LogP contribution in [-0.4, -0.2) is 34.0 Å². The molecular formula is C24H18N4O6. The third kappa shape index (κ3) is 4.80. The molecule has 3 aromatic carbocycles. The highest BCUT2D eigenvalue weighted by Crippen LogP contribution is 2.21. The van der Waals surface area contributed by atoms with Gasteiger partial charge in [0.1, 0.15) is 0 Å². The van der Waals surface area contributed by atoms with Gasteiger partial charge < -0.3 is 14.2 Å². The Hall–Kier alpha value is -4.86. The lowest BCUT2D eigenvalue weighted by Crippen LogP contribution is -2.28. The van der Waals surface area contributed by atoms with E-state index in [1.54, 1.807) is 37.4 Å². The molecule has 0 aliphatic heterocycles. The van der Waals surface area contributed by atoms with Gasteiger partial charge in [0.15, 0.2) is 6.61 Å². The van der Waals surface area contributed by atoms with Crippen LogP contribution in [0.3, 0.4) is 0 Å². The van der Waals surface area contributed by atoms with Crippen LogP contribution >= 0.6 is 0 Å². The number of hydrogen-bond acceptors (Lipinski definition) is 8. The number of non-ortho nitro benzene ring substituents is 1. The van der Waals surface area contributed by atoms with Gasteiger partial charge >= 0.3 is 5.97 Å². The number of ether oxygens (including phenoxy) is 1. The molecule has 0 saturated carbocycles. The number of para-hydroxylation sites is 1. The summed E-state index contributed by atoms with van der Waals surface area (Å²) in [6.45, 7) is -0.310. The molecule has 0 fully saturated rings. The van der Waals surface area contributed by atoms with Crippen LogP contribution in [0.5, 0.6) is 0 Å². The number of carbonyl (C=O) groups is 2. The number of aromatic nitrogens is 2. The molecule has 170 valence electrons. The van der Waals surface area contributed by atoms with Gasteiger partial charge in [-0.05, 0) is 36.4 Å². The molecule has 0 radical (unpaired) electrons. The van der Waals surface area contributed by atoms with Crippen molar-refractivity contribution in [2.75, 3.05) is 11.9 Å². The second-order valence-electron chi connectivity index (χ2n) is 7.14. The van der Waals surface area contributed by atoms with E-state index < -0.39 is 10.9 Å². The van der Waals surface area contributed by atoms with Crippen LogP contribution in [0.25, 0.3) is 11.4 Å². The first-order valence-corrected chi connectivity index (χ1v) is 10.1. The normalized spacial score (nSPS) is 10.5. The lowest BCUT2D eigenvalue weighted by atomic mass is 10.1. The molecule has 10 nitrogen and oxygen atoms in total. The summed E-state index contributed by atoms with van der Waals surface area (Å²) < 4.78 is 10.4. The minimum absolute atomic E-state index is 0.0342. The van der Waals surface area contributed by atoms with Gasteiger partial charge in [-0.1, -0.05) is 35.5 Å². The van der Waals surface area contributed by atoms with Gasteiger partial charge in [0.25, 0.3) is 17.5 Å². The molecule has 4 rings (SSSR count). The Labute approximate surface area is 193 Å². The van der Waals surface area contributed by atoms with Crippen LogP contribution in [0.1, 0.15) is 26.6 Å². The number of esters is 1. The minimum atomic E-state index is -0.722. The SMILES string of the molecule is CN(C(=O)c1ccccc1C(=O)OCc1nc(-c2ccc([N+](=O)[O-])cc2)no1)c1ccccc1. The van der Waals surface area contributed by atoms with Crippen LogP contribution in [0, 0.1) is 10.1 Å². The monoisotopic (exact) mass is 458 g/mol. The molecule has 1 aromatic heterocycles. The highest BCUT2D eigenvalue weighted by Gasteiger charge is 2.22. The molecule has 0 unspecified atom stereocenters. The Balaban J connectivity index is 1.45. The summed E-state index contributed by atoms with van der Waals surface area (Å²) in [6.07, 6.45) is 0. The molecule has 0 saturated heterocycles. The number of benzene rings is 3. The second kappa shape index (κ2) is 9.74. The minimum Gasteiger partial charge on any atom is -0.452 e. The molecule has 0 N–H and O–H groups in total. The van der Waals surface area contributed by atoms with Gasteiger partial charge in [0.2, 0.25) is 5.82 Å². The standard InChI is InChI=1S/C24H18N4O6/c1-27(17-7-3-2-4-8-17)23(29)19-9-5-6-10-20(19)24(30)33-15-21-25-22(26-34-21)16-11-13-18(14-12-16)28(31)32/h2-14H,15H2,1H3. The summed E-state index contributed by atoms with van der Waals surface area (Å²) in [4.78, 5) is 41.6. The zero-order valence-electron chi connectivity index (χ0n) is 18.0. The van der Waals surface area contributed by atoms with Crippen molar-refractivity contribution >= 4 is 23.3 Å². The Morgan fingerprint density at radius 2 is 1.62 bits per heavy atom. The maximum atomic E-state index is 13.0. The fraction of sp³-hybridized carbons (Fsp3) is 0.0833. The van der Waals surface area contributed by atoms with Crippen molar-refractivity contribution < 1.29 is 23.8 Å². The Kier molecular flexibility index (Phi) is 6.40. The van der Waals surface area contributed by atoms with Crippen molar-refractivity contribution in [3.8, 4) is 11.4 Å². The number of nitrogens with zero attached hydrogens (tertiary/aromatic N) is 4. The maximum absolute atomic E-state index is 13.0. The molecule has 0 spiro atoms. The lowest BCUT2D eigenvalue weighted by molar-refractivity contribution is -0.384. The summed E-state index contributed by atoms with van der Waals surface area (Å²) in [5.74, 6) is -0.856. The number of rotatable bonds is 7. The Morgan fingerprint density at radius 1 is 0.971 bits per heavy atom. The summed E-state index contributed by atoms with van der Waals surface area (Å²) in [7, 11) is 1.62. The number of nitro groups is 1. The average molecular weight is 458 g/mol. The van der Waals surface area contributed by atoms with Crippen molar-refractivity contribution in [2.24, 2.45) is 0 Å². The van der Waals surface area contributed by atoms with E-state index in [1.807, 2.05) is 18.2 Å². The first-order valence-electron chi connectivity index (χ1n) is 10.1. The van der Waals surface area contributed by atoms with Crippen LogP contribution in [-0.2, 0) is 11.3 Å². The van der Waals surface area contributed by atoms with Crippen molar-refractivity contribution in [3.63, 3.8) is 0 Å². The van der Waals surface area contributed by atoms with E-state index in [0.717, 1.165) is 0 Å². The Bertz CT molecular complexity index is 1340. The highest BCUT2D eigenvalue weighted by atomic mass is 16.6. The molecule has 1 heterocycles. The number of hydrogen-bond donors (Lipinski definition) is 0. The molecule has 34 heavy (non-hydrogen) atoms. The second-order valence-corrected chi connectivity index (χ2v) is 7.14. The van der Waals surface area contributed by atoms with E-state index in [0.29, 0.717) is 11.3 Å². The molecule has 1 amide bonds. The number of nitro benzene ring substituents is 1. The van der Waals surface area contributed by atoms with E-state index >= 15 is 0 Å². The summed E-state index contributed by atoms with van der Waals surface area (Å²) in [6, 6.07) is 21.0. The van der Waals surface area contributed by atoms with Crippen molar-refractivity contribution in [1.82, 2.24) is 10.1 Å². The molecule has 10 heteroatoms. The van der Waals surface area contributed by atoms with Gasteiger partial charge in [-0.2, -0.15) is 4.98 Å². The number of amides is 1. The third-order valence-electron chi connectivity index (χ3n) is 4.96. The fourth-order valence-corrected chi connectivity index (χ4v) is 3.17. The first-order chi connectivity index (χ1) is 16.4. The Morgan fingerprint density at radius 3 is 2.29 bits per heavy atom. The summed E-state index contributed by atoms with van der Waals surface area (Å²) in [5.41, 5.74) is 1.42. The van der Waals surface area contributed by atoms with E-state index in [-0.39, 0.29) is 41.0 Å². The van der Waals surface area contributed by atoms with Crippen molar-refractivity contribution in [3.05, 3.63) is 106 Å². The van der Waals surface area contributed by atoms with E-state index in [1.165, 1.54) is 35.2 Å². The lowest BCUT2D eigenvalue weighted by Gasteiger charge is -2.18. The van der Waals surface area contributed by atoms with Crippen LogP contribution < -0.4 is 4.90 Å². The molecule has 0 bridgehead atoms. The van der Waals surface area contributed by atoms with E-state index in [2.05, 4.69) is 10.1 Å². The van der Waals surface area contributed by atoms with Crippen LogP contribution in [0.15, 0.2) is 83.4 Å². The van der Waals surface area contributed by atoms with E-state index in [9.17, 15) is 19.7 Å². The molecule has 4 aromatic rings. The van der Waals surface area contributed by atoms with E-state index in [4.69, 9.17) is 9.26 Å². The maximum Gasteiger partial charge on any atom is 0.339 e. The van der Waals surface area contributed by atoms with Crippen LogP contribution in [0.4, 0.5) is 11.4 Å². The topological polar surface area (TPSA) is 129 Å².